The molecule has 2 aliphatic heterocycles. The summed E-state index contributed by atoms with van der Waals surface area (Å²) in [5.41, 5.74) is -0.430. The van der Waals surface area contributed by atoms with Crippen molar-refractivity contribution in [2.45, 2.75) is 25.3 Å². The van der Waals surface area contributed by atoms with Crippen LogP contribution in [-0.4, -0.2) is 72.8 Å². The van der Waals surface area contributed by atoms with Gasteiger partial charge in [-0.25, -0.2) is 0 Å². The average molecular weight is 504 g/mol. The Morgan fingerprint density at radius 1 is 1.08 bits per heavy atom. The second-order valence-electron chi connectivity index (χ2n) is 9.47. The molecule has 1 atom stereocenters. The van der Waals surface area contributed by atoms with Crippen molar-refractivity contribution >= 4 is 29.0 Å². The summed E-state index contributed by atoms with van der Waals surface area (Å²) < 4.78 is 5.52. The van der Waals surface area contributed by atoms with Gasteiger partial charge in [0.2, 0.25) is 0 Å². The molecule has 1 saturated heterocycles. The van der Waals surface area contributed by atoms with E-state index in [0.29, 0.717) is 55.1 Å². The Kier molecular flexibility index (Phi) is 7.50. The number of rotatable bonds is 10. The number of aliphatic hydroxyl groups is 1. The summed E-state index contributed by atoms with van der Waals surface area (Å²) in [7, 11) is 3.84. The highest BCUT2D eigenvalue weighted by Crippen LogP contribution is 2.53. The van der Waals surface area contributed by atoms with E-state index in [0.717, 1.165) is 0 Å². The van der Waals surface area contributed by atoms with Crippen LogP contribution in [0.1, 0.15) is 30.9 Å². The maximum absolute atomic E-state index is 14.3. The highest BCUT2D eigenvalue weighted by molar-refractivity contribution is 6.50. The zero-order valence-corrected chi connectivity index (χ0v) is 21.6. The van der Waals surface area contributed by atoms with E-state index >= 15 is 0 Å². The number of anilines is 1. The van der Waals surface area contributed by atoms with Crippen molar-refractivity contribution < 1.29 is 24.2 Å². The van der Waals surface area contributed by atoms with Gasteiger partial charge in [-0.3, -0.25) is 14.4 Å². The van der Waals surface area contributed by atoms with Crippen molar-refractivity contribution in [3.05, 3.63) is 77.9 Å². The normalized spacial score (nSPS) is 20.3. The van der Waals surface area contributed by atoms with Gasteiger partial charge in [0.05, 0.1) is 11.3 Å². The minimum absolute atomic E-state index is 0.188. The first-order valence-electron chi connectivity index (χ1n) is 12.5. The number of ketones is 1. The molecule has 2 aliphatic rings. The third kappa shape index (κ3) is 4.31. The van der Waals surface area contributed by atoms with Crippen molar-refractivity contribution in [3.8, 4) is 5.75 Å². The second-order valence-corrected chi connectivity index (χ2v) is 9.47. The maximum Gasteiger partial charge on any atom is 0.296 e. The molecule has 2 aromatic rings. The number of carbonyl (C=O) groups excluding carboxylic acids is 3. The van der Waals surface area contributed by atoms with Crippen LogP contribution >= 0.6 is 0 Å². The molecule has 1 N–H and O–H groups in total. The Morgan fingerprint density at radius 3 is 2.43 bits per heavy atom. The number of carbonyl (C=O) groups is 3. The van der Waals surface area contributed by atoms with E-state index in [-0.39, 0.29) is 17.9 Å². The lowest BCUT2D eigenvalue weighted by molar-refractivity contribution is -0.143. The predicted molar refractivity (Wildman–Crippen MR) is 142 cm³/mol. The minimum atomic E-state index is -1.73. The molecular weight excluding hydrogens is 470 g/mol. The van der Waals surface area contributed by atoms with Gasteiger partial charge in [-0.2, -0.15) is 0 Å². The summed E-state index contributed by atoms with van der Waals surface area (Å²) in [5.74, 6) is -1.87. The first-order valence-corrected chi connectivity index (χ1v) is 12.5. The number of hydrogen-bond donors (Lipinski definition) is 1. The Hall–Kier alpha value is -3.91. The largest absolute Gasteiger partial charge is 0.507 e. The monoisotopic (exact) mass is 503 g/mol. The molecule has 1 fully saturated rings. The molecule has 194 valence electrons. The van der Waals surface area contributed by atoms with Gasteiger partial charge in [-0.15, -0.1) is 0 Å². The van der Waals surface area contributed by atoms with Crippen molar-refractivity contribution in [2.24, 2.45) is 0 Å². The molecule has 2 aromatic carbocycles. The maximum atomic E-state index is 14.3. The van der Waals surface area contributed by atoms with Gasteiger partial charge in [-0.1, -0.05) is 37.8 Å². The van der Waals surface area contributed by atoms with Gasteiger partial charge in [0.15, 0.2) is 5.54 Å². The molecule has 4 rings (SSSR count). The van der Waals surface area contributed by atoms with Gasteiger partial charge < -0.3 is 24.5 Å². The van der Waals surface area contributed by atoms with Crippen LogP contribution in [0.4, 0.5) is 5.69 Å². The summed E-state index contributed by atoms with van der Waals surface area (Å²) >= 11 is 0. The van der Waals surface area contributed by atoms with E-state index in [9.17, 15) is 19.5 Å². The molecule has 0 radical (unpaired) electrons. The molecule has 37 heavy (non-hydrogen) atoms. The summed E-state index contributed by atoms with van der Waals surface area (Å²) in [6.45, 7) is 7.19. The third-order valence-electron chi connectivity index (χ3n) is 6.74. The van der Waals surface area contributed by atoms with Crippen LogP contribution in [0.25, 0.3) is 5.76 Å². The van der Waals surface area contributed by atoms with Crippen LogP contribution in [0, 0.1) is 0 Å². The molecule has 1 unspecified atom stereocenters. The zero-order valence-electron chi connectivity index (χ0n) is 21.6. The van der Waals surface area contributed by atoms with Crippen LogP contribution in [-0.2, 0) is 19.9 Å². The molecule has 0 bridgehead atoms. The van der Waals surface area contributed by atoms with Crippen LogP contribution in [0.2, 0.25) is 0 Å². The van der Waals surface area contributed by atoms with Crippen molar-refractivity contribution in [2.75, 3.05) is 45.2 Å². The summed E-state index contributed by atoms with van der Waals surface area (Å²) in [5, 5.41) is 11.5. The minimum Gasteiger partial charge on any atom is -0.507 e. The fourth-order valence-corrected chi connectivity index (χ4v) is 5.17. The Morgan fingerprint density at radius 2 is 1.78 bits per heavy atom. The molecule has 0 saturated carbocycles. The average Bonchev–Trinajstić information content (AvgIpc) is 3.26. The van der Waals surface area contributed by atoms with Gasteiger partial charge in [0.25, 0.3) is 17.6 Å². The molecule has 0 aromatic heterocycles. The Bertz CT molecular complexity index is 1250. The number of para-hydroxylation sites is 1. The zero-order chi connectivity index (χ0) is 26.7. The molecule has 0 aliphatic carbocycles. The van der Waals surface area contributed by atoms with Crippen LogP contribution in [0.5, 0.6) is 5.75 Å². The summed E-state index contributed by atoms with van der Waals surface area (Å²) in [6, 6.07) is 13.7. The van der Waals surface area contributed by atoms with Gasteiger partial charge >= 0.3 is 0 Å². The number of aliphatic hydroxyl groups excluding tert-OH is 1. The van der Waals surface area contributed by atoms with E-state index in [1.807, 2.05) is 38.1 Å². The number of nitrogens with zero attached hydrogens (tertiary/aromatic N) is 3. The van der Waals surface area contributed by atoms with Crippen molar-refractivity contribution in [3.63, 3.8) is 0 Å². The van der Waals surface area contributed by atoms with Crippen molar-refractivity contribution in [1.82, 2.24) is 9.80 Å². The lowest BCUT2D eigenvalue weighted by Crippen LogP contribution is -2.52. The summed E-state index contributed by atoms with van der Waals surface area (Å²) in [4.78, 5) is 46.3. The smallest absolute Gasteiger partial charge is 0.296 e. The first-order chi connectivity index (χ1) is 17.8. The summed E-state index contributed by atoms with van der Waals surface area (Å²) in [6.07, 6.45) is 2.87. The highest BCUT2D eigenvalue weighted by atomic mass is 16.5. The molecule has 8 heteroatoms. The number of fused-ring (bicyclic) bond motifs is 2. The topological polar surface area (TPSA) is 90.4 Å². The number of amides is 2. The van der Waals surface area contributed by atoms with E-state index in [1.165, 1.54) is 4.90 Å². The number of ether oxygens (including phenoxy) is 1. The highest BCUT2D eigenvalue weighted by Gasteiger charge is 2.66. The van der Waals surface area contributed by atoms with Gasteiger partial charge in [0.1, 0.15) is 18.1 Å². The van der Waals surface area contributed by atoms with E-state index in [2.05, 4.69) is 6.58 Å². The van der Waals surface area contributed by atoms with Crippen molar-refractivity contribution in [1.29, 1.82) is 0 Å². The Balaban J connectivity index is 1.92. The first kappa shape index (κ1) is 26.2. The molecule has 2 amide bonds. The number of likely N-dealkylation sites (tertiary alicyclic amines) is 1. The molecule has 1 spiro atoms. The predicted octanol–water partition coefficient (Wildman–Crippen LogP) is 3.54. The fraction of sp³-hybridized carbons (Fsp3) is 0.345. The number of Topliss-reactive ketones (excluding diaryl/α,β-unsaturated/α-hetero) is 1. The molecular formula is C29H33N3O5. The fourth-order valence-electron chi connectivity index (χ4n) is 5.17. The number of benzene rings is 2. The lowest BCUT2D eigenvalue weighted by Gasteiger charge is -2.34. The van der Waals surface area contributed by atoms with Crippen LogP contribution in [0.15, 0.2) is 66.8 Å². The van der Waals surface area contributed by atoms with Gasteiger partial charge in [-0.05, 0) is 63.8 Å². The standard InChI is InChI=1S/C29H33N3O5/c1-5-16-31-23-11-8-7-10-22(23)29(28(31)36)24(26(34)27(35)32(29)18-9-17-30(3)4)25(33)20-12-14-21(15-13-20)37-19-6-2/h6-8,10-15,33H,2,5,9,16-19H2,1,3-4H3. The number of hydrogen-bond acceptors (Lipinski definition) is 6. The second kappa shape index (κ2) is 10.6. The Labute approximate surface area is 217 Å². The SMILES string of the molecule is C=CCOc1ccc(C(O)=C2C(=O)C(=O)N(CCCN(C)C)C23C(=O)N(CCC)c2ccccc23)cc1. The third-order valence-corrected chi connectivity index (χ3v) is 6.74. The quantitative estimate of drug-likeness (QED) is 0.231. The lowest BCUT2D eigenvalue weighted by atomic mass is 9.82. The van der Waals surface area contributed by atoms with Crippen LogP contribution < -0.4 is 9.64 Å². The van der Waals surface area contributed by atoms with E-state index in [1.54, 1.807) is 47.4 Å². The van der Waals surface area contributed by atoms with E-state index < -0.39 is 23.1 Å². The van der Waals surface area contributed by atoms with E-state index in [4.69, 9.17) is 4.74 Å². The van der Waals surface area contributed by atoms with Crippen LogP contribution in [0.3, 0.4) is 0 Å². The molecule has 2 heterocycles. The van der Waals surface area contributed by atoms with Gasteiger partial charge in [0, 0.05) is 24.2 Å². The molecule has 8 nitrogen and oxygen atoms in total.